The molecule has 4 heterocycles. The second-order valence-corrected chi connectivity index (χ2v) is 20.4. The highest BCUT2D eigenvalue weighted by atomic mass is 35.5. The Kier molecular flexibility index (Phi) is 9.91. The van der Waals surface area contributed by atoms with Crippen LogP contribution in [0.1, 0.15) is 47.0 Å². The van der Waals surface area contributed by atoms with Crippen molar-refractivity contribution in [2.45, 2.75) is 97.6 Å². The maximum absolute atomic E-state index is 14.2. The number of nitrogens with zero attached hydrogens (tertiary/aromatic N) is 6. The Bertz CT molecular complexity index is 1780. The van der Waals surface area contributed by atoms with E-state index >= 15 is 0 Å². The van der Waals surface area contributed by atoms with Crippen molar-refractivity contribution >= 4 is 53.7 Å². The Hall–Kier alpha value is -3.35. The van der Waals surface area contributed by atoms with E-state index in [1.165, 1.54) is 0 Å². The summed E-state index contributed by atoms with van der Waals surface area (Å²) in [6.07, 6.45) is 5.84. The fourth-order valence-electron chi connectivity index (χ4n) is 5.83. The lowest BCUT2D eigenvalue weighted by Gasteiger charge is -2.25. The molecule has 0 aliphatic carbocycles. The van der Waals surface area contributed by atoms with Gasteiger partial charge < -0.3 is 24.3 Å². The van der Waals surface area contributed by atoms with Crippen LogP contribution >= 0.6 is 11.6 Å². The van der Waals surface area contributed by atoms with E-state index < -0.39 is 19.8 Å². The van der Waals surface area contributed by atoms with Gasteiger partial charge in [0.25, 0.3) is 5.56 Å². The van der Waals surface area contributed by atoms with Crippen LogP contribution in [0.25, 0.3) is 33.1 Å². The van der Waals surface area contributed by atoms with Crippen molar-refractivity contribution in [2.75, 3.05) is 24.6 Å². The maximum Gasteiger partial charge on any atom is 0.407 e. The Morgan fingerprint density at radius 2 is 1.89 bits per heavy atom. The number of rotatable bonds is 9. The third kappa shape index (κ3) is 7.61. The first-order chi connectivity index (χ1) is 21.6. The van der Waals surface area contributed by atoms with Crippen molar-refractivity contribution in [1.29, 1.82) is 0 Å². The van der Waals surface area contributed by atoms with E-state index in [9.17, 15) is 9.59 Å². The fraction of sp³-hybridized carbons (Fsp3) is 0.576. The monoisotopic (exact) mass is 669 g/mol. The standard InChI is InChI=1S/C33H48ClN7O4Si/c1-9-41-20-25-26(37-41)13-12-23(28(25)34)24-19-40(21-44-17-18-46(6,7)8)29-27(24)30(42)38(5)31(36-29)39-15-10-11-22(14-16-39)35-32(43)45-33(2,3)4/h12-13,19-20,22H,9-11,14-18,21H2,1-8H3,(H,35,43). The quantitative estimate of drug-likeness (QED) is 0.158. The number of anilines is 1. The molecule has 46 heavy (non-hydrogen) atoms. The van der Waals surface area contributed by atoms with Crippen LogP contribution in [-0.4, -0.2) is 69.4 Å². The van der Waals surface area contributed by atoms with E-state index in [1.807, 2.05) is 61.5 Å². The van der Waals surface area contributed by atoms with Crippen LogP contribution in [0.2, 0.25) is 30.7 Å². The van der Waals surface area contributed by atoms with Gasteiger partial charge in [0.1, 0.15) is 12.3 Å². The molecule has 1 atom stereocenters. The number of benzene rings is 1. The van der Waals surface area contributed by atoms with E-state index in [0.717, 1.165) is 47.5 Å². The third-order valence-corrected chi connectivity index (χ3v) is 10.4. The molecule has 1 unspecified atom stereocenters. The van der Waals surface area contributed by atoms with Gasteiger partial charge in [-0.25, -0.2) is 4.79 Å². The minimum atomic E-state index is -1.28. The Morgan fingerprint density at radius 3 is 2.59 bits per heavy atom. The first kappa shape index (κ1) is 34.0. The summed E-state index contributed by atoms with van der Waals surface area (Å²) in [7, 11) is 0.489. The number of aryl methyl sites for hydroxylation is 1. The number of aromatic nitrogens is 5. The average molecular weight is 670 g/mol. The fourth-order valence-corrected chi connectivity index (χ4v) is 6.89. The molecule has 0 saturated carbocycles. The zero-order valence-corrected chi connectivity index (χ0v) is 30.2. The number of carbonyl (C=O) groups excluding carboxylic acids is 1. The minimum Gasteiger partial charge on any atom is -0.444 e. The smallest absolute Gasteiger partial charge is 0.407 e. The van der Waals surface area contributed by atoms with Crippen LogP contribution in [0.15, 0.2) is 29.3 Å². The van der Waals surface area contributed by atoms with Crippen molar-refractivity contribution in [1.82, 2.24) is 29.2 Å². The molecule has 0 bridgehead atoms. The van der Waals surface area contributed by atoms with Gasteiger partial charge in [0.2, 0.25) is 5.95 Å². The number of ether oxygens (including phenoxy) is 2. The van der Waals surface area contributed by atoms with E-state index in [1.54, 1.807) is 11.6 Å². The summed E-state index contributed by atoms with van der Waals surface area (Å²) in [5.74, 6) is 0.592. The van der Waals surface area contributed by atoms with Gasteiger partial charge in [0.15, 0.2) is 5.65 Å². The predicted octanol–water partition coefficient (Wildman–Crippen LogP) is 6.62. The molecule has 1 aliphatic rings. The summed E-state index contributed by atoms with van der Waals surface area (Å²) in [6.45, 7) is 17.6. The van der Waals surface area contributed by atoms with E-state index in [-0.39, 0.29) is 18.3 Å². The van der Waals surface area contributed by atoms with E-state index in [2.05, 4.69) is 35.0 Å². The topological polar surface area (TPSA) is 108 Å². The molecule has 1 saturated heterocycles. The number of halogens is 1. The number of fused-ring (bicyclic) bond motifs is 2. The van der Waals surface area contributed by atoms with Gasteiger partial charge in [-0.1, -0.05) is 37.3 Å². The first-order valence-electron chi connectivity index (χ1n) is 16.2. The highest BCUT2D eigenvalue weighted by molar-refractivity contribution is 6.76. The molecular weight excluding hydrogens is 622 g/mol. The maximum atomic E-state index is 14.2. The van der Waals surface area contributed by atoms with Gasteiger partial charge in [-0.3, -0.25) is 14.0 Å². The van der Waals surface area contributed by atoms with Crippen molar-refractivity contribution in [3.63, 3.8) is 0 Å². The molecule has 250 valence electrons. The molecule has 1 aromatic carbocycles. The van der Waals surface area contributed by atoms with Crippen molar-refractivity contribution < 1.29 is 14.3 Å². The molecule has 5 rings (SSSR count). The Labute approximate surface area is 276 Å². The lowest BCUT2D eigenvalue weighted by Crippen LogP contribution is -2.40. The molecule has 1 N–H and O–H groups in total. The first-order valence-corrected chi connectivity index (χ1v) is 20.3. The summed E-state index contributed by atoms with van der Waals surface area (Å²) in [5, 5.41) is 9.52. The van der Waals surface area contributed by atoms with Crippen LogP contribution in [0, 0.1) is 0 Å². The summed E-state index contributed by atoms with van der Waals surface area (Å²) in [5.41, 5.74) is 2.14. The zero-order valence-electron chi connectivity index (χ0n) is 28.4. The zero-order chi connectivity index (χ0) is 33.4. The number of hydrogen-bond acceptors (Lipinski definition) is 7. The number of nitrogens with one attached hydrogen (secondary N) is 1. The summed E-state index contributed by atoms with van der Waals surface area (Å²) >= 11 is 7.02. The molecule has 1 aliphatic heterocycles. The summed E-state index contributed by atoms with van der Waals surface area (Å²) < 4.78 is 17.1. The Balaban J connectivity index is 1.51. The number of amides is 1. The summed E-state index contributed by atoms with van der Waals surface area (Å²) in [4.78, 5) is 33.9. The lowest BCUT2D eigenvalue weighted by molar-refractivity contribution is 0.0500. The molecule has 13 heteroatoms. The Morgan fingerprint density at radius 1 is 1.13 bits per heavy atom. The number of carbonyl (C=O) groups is 1. The van der Waals surface area contributed by atoms with E-state index in [0.29, 0.717) is 48.1 Å². The lowest BCUT2D eigenvalue weighted by atomic mass is 10.0. The second-order valence-electron chi connectivity index (χ2n) is 14.4. The van der Waals surface area contributed by atoms with Crippen LogP contribution in [0.5, 0.6) is 0 Å². The van der Waals surface area contributed by atoms with Gasteiger partial charge in [-0.2, -0.15) is 10.1 Å². The van der Waals surface area contributed by atoms with Crippen molar-refractivity contribution in [3.8, 4) is 11.1 Å². The second kappa shape index (κ2) is 13.4. The molecule has 4 aromatic rings. The van der Waals surface area contributed by atoms with E-state index in [4.69, 9.17) is 26.1 Å². The van der Waals surface area contributed by atoms with Crippen LogP contribution in [0.4, 0.5) is 10.7 Å². The summed E-state index contributed by atoms with van der Waals surface area (Å²) in [6, 6.07) is 4.89. The highest BCUT2D eigenvalue weighted by Crippen LogP contribution is 2.38. The van der Waals surface area contributed by atoms with Gasteiger partial charge in [-0.15, -0.1) is 0 Å². The van der Waals surface area contributed by atoms with Crippen molar-refractivity contribution in [3.05, 3.63) is 39.9 Å². The average Bonchev–Trinajstić information content (AvgIpc) is 3.47. The van der Waals surface area contributed by atoms with Gasteiger partial charge >= 0.3 is 6.09 Å². The molecular formula is C33H48ClN7O4Si. The van der Waals surface area contributed by atoms with Crippen LogP contribution in [0.3, 0.4) is 0 Å². The van der Waals surface area contributed by atoms with Crippen LogP contribution < -0.4 is 15.8 Å². The molecule has 3 aromatic heterocycles. The third-order valence-electron chi connectivity index (χ3n) is 8.32. The molecule has 1 fully saturated rings. The minimum absolute atomic E-state index is 0.0232. The number of alkyl carbamates (subject to hydrolysis) is 1. The SMILES string of the molecule is CCn1cc2c(Cl)c(-c3cn(COCC[Si](C)(C)C)c4nc(N5CCCC(NC(=O)OC(C)(C)C)CC5)n(C)c(=O)c34)ccc2n1. The van der Waals surface area contributed by atoms with Crippen LogP contribution in [-0.2, 0) is 29.8 Å². The molecule has 0 radical (unpaired) electrons. The predicted molar refractivity (Wildman–Crippen MR) is 188 cm³/mol. The largest absolute Gasteiger partial charge is 0.444 e. The molecule has 1 amide bonds. The van der Waals surface area contributed by atoms with Crippen molar-refractivity contribution in [2.24, 2.45) is 7.05 Å². The van der Waals surface area contributed by atoms with Gasteiger partial charge in [0, 0.05) is 76.3 Å². The molecule has 11 nitrogen and oxygen atoms in total. The van der Waals surface area contributed by atoms with Gasteiger partial charge in [-0.05, 0) is 59.1 Å². The number of hydrogen-bond donors (Lipinski definition) is 1. The van der Waals surface area contributed by atoms with Gasteiger partial charge in [0.05, 0.1) is 15.9 Å². The highest BCUT2D eigenvalue weighted by Gasteiger charge is 2.27. The normalized spacial score (nSPS) is 16.3. The molecule has 0 spiro atoms.